The Hall–Kier alpha value is -2.99. The van der Waals surface area contributed by atoms with Crippen molar-refractivity contribution in [2.75, 3.05) is 5.32 Å². The second-order valence-corrected chi connectivity index (χ2v) is 5.34. The molecule has 24 heavy (non-hydrogen) atoms. The van der Waals surface area contributed by atoms with Gasteiger partial charge in [0.1, 0.15) is 16.7 Å². The molecule has 1 N–H and O–H groups in total. The van der Waals surface area contributed by atoms with Crippen LogP contribution in [0.4, 0.5) is 5.82 Å². The third-order valence-corrected chi connectivity index (χ3v) is 3.35. The van der Waals surface area contributed by atoms with Crippen LogP contribution in [-0.2, 0) is 4.79 Å². The maximum Gasteiger partial charge on any atom is 0.308 e. The van der Waals surface area contributed by atoms with E-state index in [1.54, 1.807) is 48.5 Å². The summed E-state index contributed by atoms with van der Waals surface area (Å²) in [5.41, 5.74) is 0.859. The van der Waals surface area contributed by atoms with Crippen molar-refractivity contribution in [2.24, 2.45) is 0 Å². The van der Waals surface area contributed by atoms with Crippen LogP contribution in [0.25, 0.3) is 11.0 Å². The van der Waals surface area contributed by atoms with Gasteiger partial charge >= 0.3 is 5.97 Å². The predicted octanol–water partition coefficient (Wildman–Crippen LogP) is 3.46. The highest BCUT2D eigenvalue weighted by atomic mass is 35.5. The summed E-state index contributed by atoms with van der Waals surface area (Å²) in [5, 5.41) is 3.84. The van der Waals surface area contributed by atoms with E-state index in [-0.39, 0.29) is 5.91 Å². The van der Waals surface area contributed by atoms with Gasteiger partial charge in [0.15, 0.2) is 5.65 Å². The van der Waals surface area contributed by atoms with Crippen molar-refractivity contribution in [2.45, 2.75) is 6.92 Å². The number of esters is 1. The molecule has 3 rings (SSSR count). The van der Waals surface area contributed by atoms with Crippen molar-refractivity contribution in [3.05, 3.63) is 59.2 Å². The van der Waals surface area contributed by atoms with Gasteiger partial charge < -0.3 is 10.1 Å². The molecule has 0 spiro atoms. The van der Waals surface area contributed by atoms with Gasteiger partial charge in [0.2, 0.25) is 0 Å². The molecule has 0 unspecified atom stereocenters. The molecule has 0 radical (unpaired) electrons. The largest absolute Gasteiger partial charge is 0.427 e. The number of ether oxygens (including phenoxy) is 1. The third kappa shape index (κ3) is 3.67. The molecule has 120 valence electrons. The van der Waals surface area contributed by atoms with E-state index in [4.69, 9.17) is 16.3 Å². The van der Waals surface area contributed by atoms with Crippen molar-refractivity contribution in [3.8, 4) is 5.75 Å². The summed E-state index contributed by atoms with van der Waals surface area (Å²) in [7, 11) is 0. The first-order chi connectivity index (χ1) is 11.5. The number of benzene rings is 1. The van der Waals surface area contributed by atoms with E-state index in [0.29, 0.717) is 27.9 Å². The number of nitrogens with one attached hydrogen (secondary N) is 1. The van der Waals surface area contributed by atoms with E-state index in [0.717, 1.165) is 5.39 Å². The molecule has 0 fully saturated rings. The van der Waals surface area contributed by atoms with Crippen LogP contribution in [-0.4, -0.2) is 21.8 Å². The molecule has 0 saturated heterocycles. The standard InChI is InChI=1S/C17H12ClN3O3/c1-10(22)24-13-6-2-12(3-7-13)17(23)21-15-9-5-11-4-8-14(18)19-16(11)20-15/h2-9H,1H3,(H,19,20,21,23). The van der Waals surface area contributed by atoms with Crippen LogP contribution < -0.4 is 10.1 Å². The quantitative estimate of drug-likeness (QED) is 0.448. The Kier molecular flexibility index (Phi) is 4.39. The van der Waals surface area contributed by atoms with Crippen molar-refractivity contribution in [1.82, 2.24) is 9.97 Å². The number of hydrogen-bond donors (Lipinski definition) is 1. The first-order valence-corrected chi connectivity index (χ1v) is 7.42. The number of anilines is 1. The van der Waals surface area contributed by atoms with Gasteiger partial charge in [0.25, 0.3) is 5.91 Å². The molecule has 2 aromatic heterocycles. The number of amides is 1. The van der Waals surface area contributed by atoms with Crippen molar-refractivity contribution >= 4 is 40.3 Å². The van der Waals surface area contributed by atoms with Gasteiger partial charge in [-0.15, -0.1) is 0 Å². The second-order valence-electron chi connectivity index (χ2n) is 4.95. The van der Waals surface area contributed by atoms with Crippen molar-refractivity contribution < 1.29 is 14.3 Å². The fraction of sp³-hybridized carbons (Fsp3) is 0.0588. The van der Waals surface area contributed by atoms with Crippen LogP contribution in [0.2, 0.25) is 5.15 Å². The SMILES string of the molecule is CC(=O)Oc1ccc(C(=O)Nc2ccc3ccc(Cl)nc3n2)cc1. The minimum Gasteiger partial charge on any atom is -0.427 e. The Morgan fingerprint density at radius 2 is 1.71 bits per heavy atom. The zero-order valence-electron chi connectivity index (χ0n) is 12.6. The molecule has 0 atom stereocenters. The lowest BCUT2D eigenvalue weighted by Crippen LogP contribution is -2.13. The maximum absolute atomic E-state index is 12.2. The molecule has 3 aromatic rings. The summed E-state index contributed by atoms with van der Waals surface area (Å²) in [5.74, 6) is -0.00923. The summed E-state index contributed by atoms with van der Waals surface area (Å²) in [4.78, 5) is 31.5. The summed E-state index contributed by atoms with van der Waals surface area (Å²) in [6.45, 7) is 1.31. The Labute approximate surface area is 142 Å². The van der Waals surface area contributed by atoms with Crippen LogP contribution >= 0.6 is 11.6 Å². The van der Waals surface area contributed by atoms with Gasteiger partial charge in [0.05, 0.1) is 0 Å². The number of carbonyl (C=O) groups is 2. The number of fused-ring (bicyclic) bond motifs is 1. The Bertz CT molecular complexity index is 926. The molecule has 1 amide bonds. The molecule has 6 nitrogen and oxygen atoms in total. The number of rotatable bonds is 3. The molecular weight excluding hydrogens is 330 g/mol. The van der Waals surface area contributed by atoms with Gasteiger partial charge in [-0.3, -0.25) is 9.59 Å². The van der Waals surface area contributed by atoms with Crippen molar-refractivity contribution in [1.29, 1.82) is 0 Å². The molecule has 2 heterocycles. The van der Waals surface area contributed by atoms with Crippen LogP contribution in [0.3, 0.4) is 0 Å². The smallest absolute Gasteiger partial charge is 0.308 e. The van der Waals surface area contributed by atoms with Gasteiger partial charge in [-0.2, -0.15) is 0 Å². The van der Waals surface area contributed by atoms with Crippen LogP contribution in [0.5, 0.6) is 5.75 Å². The fourth-order valence-electron chi connectivity index (χ4n) is 2.07. The summed E-state index contributed by atoms with van der Waals surface area (Å²) in [6.07, 6.45) is 0. The lowest BCUT2D eigenvalue weighted by Gasteiger charge is -2.06. The lowest BCUT2D eigenvalue weighted by molar-refractivity contribution is -0.131. The molecule has 0 aliphatic heterocycles. The lowest BCUT2D eigenvalue weighted by atomic mass is 10.2. The normalized spacial score (nSPS) is 10.4. The van der Waals surface area contributed by atoms with E-state index in [9.17, 15) is 9.59 Å². The average molecular weight is 342 g/mol. The topological polar surface area (TPSA) is 81.2 Å². The molecular formula is C17H12ClN3O3. The van der Waals surface area contributed by atoms with Crippen LogP contribution in [0.1, 0.15) is 17.3 Å². The van der Waals surface area contributed by atoms with Crippen molar-refractivity contribution in [3.63, 3.8) is 0 Å². The molecule has 0 aliphatic carbocycles. The average Bonchev–Trinajstić information content (AvgIpc) is 2.54. The zero-order chi connectivity index (χ0) is 17.1. The number of halogens is 1. The zero-order valence-corrected chi connectivity index (χ0v) is 13.4. The van der Waals surface area contributed by atoms with E-state index < -0.39 is 5.97 Å². The molecule has 1 aromatic carbocycles. The number of aromatic nitrogens is 2. The predicted molar refractivity (Wildman–Crippen MR) is 90.3 cm³/mol. The van der Waals surface area contributed by atoms with E-state index >= 15 is 0 Å². The van der Waals surface area contributed by atoms with E-state index in [1.807, 2.05) is 0 Å². The van der Waals surface area contributed by atoms with Gasteiger partial charge in [-0.1, -0.05) is 11.6 Å². The summed E-state index contributed by atoms with van der Waals surface area (Å²) < 4.78 is 4.92. The highest BCUT2D eigenvalue weighted by Gasteiger charge is 2.09. The summed E-state index contributed by atoms with van der Waals surface area (Å²) in [6, 6.07) is 13.2. The minimum atomic E-state index is -0.418. The molecule has 7 heteroatoms. The molecule has 0 aliphatic rings. The second kappa shape index (κ2) is 6.64. The van der Waals surface area contributed by atoms with E-state index in [1.165, 1.54) is 6.92 Å². The van der Waals surface area contributed by atoms with Gasteiger partial charge in [0, 0.05) is 17.9 Å². The fourth-order valence-corrected chi connectivity index (χ4v) is 2.22. The van der Waals surface area contributed by atoms with Crippen LogP contribution in [0, 0.1) is 0 Å². The highest BCUT2D eigenvalue weighted by Crippen LogP contribution is 2.17. The maximum atomic E-state index is 12.2. The summed E-state index contributed by atoms with van der Waals surface area (Å²) >= 11 is 5.85. The van der Waals surface area contributed by atoms with E-state index in [2.05, 4.69) is 15.3 Å². The van der Waals surface area contributed by atoms with Gasteiger partial charge in [-0.05, 0) is 48.5 Å². The number of carbonyl (C=O) groups excluding carboxylic acids is 2. The number of nitrogens with zero attached hydrogens (tertiary/aromatic N) is 2. The van der Waals surface area contributed by atoms with Crippen LogP contribution in [0.15, 0.2) is 48.5 Å². The van der Waals surface area contributed by atoms with Gasteiger partial charge in [-0.25, -0.2) is 9.97 Å². The molecule has 0 saturated carbocycles. The molecule has 0 bridgehead atoms. The first kappa shape index (κ1) is 15.9. The number of pyridine rings is 2. The Balaban J connectivity index is 1.77. The third-order valence-electron chi connectivity index (χ3n) is 3.14. The number of hydrogen-bond acceptors (Lipinski definition) is 5. The Morgan fingerprint density at radius 3 is 2.42 bits per heavy atom. The Morgan fingerprint density at radius 1 is 1.00 bits per heavy atom. The monoisotopic (exact) mass is 341 g/mol. The highest BCUT2D eigenvalue weighted by molar-refractivity contribution is 6.29. The first-order valence-electron chi connectivity index (χ1n) is 7.04. The minimum absolute atomic E-state index is 0.333.